The predicted octanol–water partition coefficient (Wildman–Crippen LogP) is 6.67. The van der Waals surface area contributed by atoms with Gasteiger partial charge in [0.2, 0.25) is 5.91 Å². The molecule has 1 aliphatic heterocycles. The Morgan fingerprint density at radius 3 is 2.42 bits per heavy atom. The summed E-state index contributed by atoms with van der Waals surface area (Å²) in [5.41, 5.74) is 2.40. The summed E-state index contributed by atoms with van der Waals surface area (Å²) in [7, 11) is 2.89. The van der Waals surface area contributed by atoms with E-state index in [1.807, 2.05) is 24.3 Å². The summed E-state index contributed by atoms with van der Waals surface area (Å²) >= 11 is 3.43. The van der Waals surface area contributed by atoms with Gasteiger partial charge in [0.15, 0.2) is 0 Å². The van der Waals surface area contributed by atoms with Crippen molar-refractivity contribution in [2.24, 2.45) is 5.92 Å². The van der Waals surface area contributed by atoms with Crippen LogP contribution >= 0.6 is 15.9 Å². The number of ether oxygens (including phenoxy) is 3. The number of hydrogen-bond donors (Lipinski definition) is 2. The number of rotatable bonds is 9. The van der Waals surface area contributed by atoms with Gasteiger partial charge in [0.1, 0.15) is 18.1 Å². The predicted molar refractivity (Wildman–Crippen MR) is 168 cm³/mol. The van der Waals surface area contributed by atoms with Crippen LogP contribution in [0, 0.1) is 5.92 Å². The highest BCUT2D eigenvalue weighted by atomic mass is 79.9. The quantitative estimate of drug-likeness (QED) is 0.251. The lowest BCUT2D eigenvalue weighted by molar-refractivity contribution is -0.134. The lowest BCUT2D eigenvalue weighted by Crippen LogP contribution is -2.46. The van der Waals surface area contributed by atoms with Crippen LogP contribution in [0.5, 0.6) is 11.5 Å². The molecule has 3 unspecified atom stereocenters. The molecular formula is C33H36BrN3O6. The standard InChI is InChI=1S/C33H36BrN3O6/c1-41-30-17-21(11-16-28(30)36-33(40)35-27-9-5-4-8-26(27)34)18-31(38)37-24(19-23-7-3-6-10-29(23)37)20-43-25-14-12-22(13-15-25)32(39)42-2/h4-5,8-9,11-17,23-24,29H,3,6-7,10,18-20H2,1-2H3,(H2,35,36,40). The molecule has 2 fully saturated rings. The molecule has 43 heavy (non-hydrogen) atoms. The van der Waals surface area contributed by atoms with Gasteiger partial charge in [-0.25, -0.2) is 9.59 Å². The van der Waals surface area contributed by atoms with Crippen molar-refractivity contribution in [2.75, 3.05) is 31.5 Å². The summed E-state index contributed by atoms with van der Waals surface area (Å²) in [5, 5.41) is 5.64. The fraction of sp³-hybridized carbons (Fsp3) is 0.364. The molecule has 0 aromatic heterocycles. The monoisotopic (exact) mass is 649 g/mol. The minimum atomic E-state index is -0.405. The minimum absolute atomic E-state index is 0.0373. The van der Waals surface area contributed by atoms with E-state index >= 15 is 0 Å². The molecule has 1 heterocycles. The van der Waals surface area contributed by atoms with Gasteiger partial charge in [-0.1, -0.05) is 31.0 Å². The van der Waals surface area contributed by atoms with Crippen molar-refractivity contribution in [1.82, 2.24) is 4.90 Å². The highest BCUT2D eigenvalue weighted by molar-refractivity contribution is 9.10. The molecule has 1 aliphatic carbocycles. The summed E-state index contributed by atoms with van der Waals surface area (Å²) in [6.45, 7) is 0.384. The third kappa shape index (κ3) is 7.30. The van der Waals surface area contributed by atoms with Gasteiger partial charge in [0.05, 0.1) is 43.6 Å². The molecule has 9 nitrogen and oxygen atoms in total. The molecule has 0 radical (unpaired) electrons. The molecule has 3 amide bonds. The van der Waals surface area contributed by atoms with Crippen molar-refractivity contribution < 1.29 is 28.6 Å². The van der Waals surface area contributed by atoms with Crippen molar-refractivity contribution in [3.05, 3.63) is 82.3 Å². The molecule has 226 valence electrons. The Morgan fingerprint density at radius 2 is 1.67 bits per heavy atom. The first-order valence-electron chi connectivity index (χ1n) is 14.5. The summed E-state index contributed by atoms with van der Waals surface area (Å²) in [4.78, 5) is 40.3. The highest BCUT2D eigenvalue weighted by Crippen LogP contribution is 2.40. The number of hydrogen-bond acceptors (Lipinski definition) is 6. The summed E-state index contributed by atoms with van der Waals surface area (Å²) in [5.74, 6) is 1.24. The van der Waals surface area contributed by atoms with E-state index in [4.69, 9.17) is 14.2 Å². The maximum Gasteiger partial charge on any atom is 0.337 e. The number of anilines is 2. The van der Waals surface area contributed by atoms with Crippen molar-refractivity contribution in [3.8, 4) is 11.5 Å². The lowest BCUT2D eigenvalue weighted by Gasteiger charge is -2.34. The SMILES string of the molecule is COC(=O)c1ccc(OCC2CC3CCCCC3N2C(=O)Cc2ccc(NC(=O)Nc3ccccc3Br)c(OC)c2)cc1. The van der Waals surface area contributed by atoms with E-state index in [9.17, 15) is 14.4 Å². The summed E-state index contributed by atoms with van der Waals surface area (Å²) < 4.78 is 17.2. The normalized spacial score (nSPS) is 19.2. The third-order valence-electron chi connectivity index (χ3n) is 8.19. The number of nitrogens with one attached hydrogen (secondary N) is 2. The second-order valence-electron chi connectivity index (χ2n) is 10.9. The Kier molecular flexibility index (Phi) is 9.86. The minimum Gasteiger partial charge on any atom is -0.495 e. The van der Waals surface area contributed by atoms with Crippen LogP contribution in [0.25, 0.3) is 0 Å². The Labute approximate surface area is 260 Å². The van der Waals surface area contributed by atoms with E-state index in [0.717, 1.165) is 35.7 Å². The van der Waals surface area contributed by atoms with E-state index in [0.29, 0.717) is 41.0 Å². The van der Waals surface area contributed by atoms with Crippen molar-refractivity contribution in [1.29, 1.82) is 0 Å². The number of methoxy groups -OCH3 is 2. The Hall–Kier alpha value is -4.05. The number of carbonyl (C=O) groups excluding carboxylic acids is 3. The van der Waals surface area contributed by atoms with Crippen LogP contribution in [0.15, 0.2) is 71.2 Å². The lowest BCUT2D eigenvalue weighted by atomic mass is 9.84. The molecule has 1 saturated heterocycles. The second-order valence-corrected chi connectivity index (χ2v) is 11.8. The number of urea groups is 1. The Morgan fingerprint density at radius 1 is 0.930 bits per heavy atom. The van der Waals surface area contributed by atoms with Crippen LogP contribution in [-0.4, -0.2) is 55.7 Å². The maximum absolute atomic E-state index is 13.8. The molecule has 3 atom stereocenters. The van der Waals surface area contributed by atoms with Gasteiger partial charge in [-0.3, -0.25) is 4.79 Å². The fourth-order valence-electron chi connectivity index (χ4n) is 6.15. The highest BCUT2D eigenvalue weighted by Gasteiger charge is 2.44. The van der Waals surface area contributed by atoms with Gasteiger partial charge in [-0.2, -0.15) is 0 Å². The van der Waals surface area contributed by atoms with Gasteiger partial charge in [-0.05, 0) is 95.2 Å². The smallest absolute Gasteiger partial charge is 0.337 e. The first-order chi connectivity index (χ1) is 20.9. The van der Waals surface area contributed by atoms with Crippen LogP contribution in [-0.2, 0) is 16.0 Å². The van der Waals surface area contributed by atoms with Crippen LogP contribution in [0.3, 0.4) is 0 Å². The first kappa shape index (κ1) is 30.4. The molecule has 10 heteroatoms. The number of benzene rings is 3. The zero-order chi connectivity index (χ0) is 30.3. The number of fused-ring (bicyclic) bond motifs is 1. The summed E-state index contributed by atoms with van der Waals surface area (Å²) in [6, 6.07) is 19.4. The second kappa shape index (κ2) is 13.9. The van der Waals surface area contributed by atoms with Crippen molar-refractivity contribution >= 4 is 45.2 Å². The average molecular weight is 651 g/mol. The number of nitrogens with zero attached hydrogens (tertiary/aromatic N) is 1. The third-order valence-corrected chi connectivity index (χ3v) is 8.88. The molecule has 0 spiro atoms. The average Bonchev–Trinajstić information content (AvgIpc) is 3.40. The number of esters is 1. The fourth-order valence-corrected chi connectivity index (χ4v) is 6.53. The topological polar surface area (TPSA) is 106 Å². The molecule has 3 aromatic carbocycles. The van der Waals surface area contributed by atoms with Gasteiger partial charge in [0.25, 0.3) is 0 Å². The molecule has 5 rings (SSSR count). The first-order valence-corrected chi connectivity index (χ1v) is 15.3. The number of para-hydroxylation sites is 1. The van der Waals surface area contributed by atoms with E-state index in [1.165, 1.54) is 20.6 Å². The molecule has 0 bridgehead atoms. The zero-order valence-corrected chi connectivity index (χ0v) is 25.9. The summed E-state index contributed by atoms with van der Waals surface area (Å²) in [6.07, 6.45) is 5.55. The van der Waals surface area contributed by atoms with Crippen LogP contribution in [0.4, 0.5) is 16.2 Å². The number of carbonyl (C=O) groups is 3. The van der Waals surface area contributed by atoms with E-state index in [2.05, 4.69) is 31.5 Å². The van der Waals surface area contributed by atoms with Crippen LogP contribution in [0.2, 0.25) is 0 Å². The largest absolute Gasteiger partial charge is 0.495 e. The molecular weight excluding hydrogens is 614 g/mol. The zero-order valence-electron chi connectivity index (χ0n) is 24.3. The van der Waals surface area contributed by atoms with E-state index in [-0.39, 0.29) is 24.4 Å². The molecule has 1 saturated carbocycles. The van der Waals surface area contributed by atoms with E-state index < -0.39 is 12.0 Å². The van der Waals surface area contributed by atoms with E-state index in [1.54, 1.807) is 42.5 Å². The van der Waals surface area contributed by atoms with Gasteiger partial charge < -0.3 is 29.7 Å². The van der Waals surface area contributed by atoms with Crippen molar-refractivity contribution in [3.63, 3.8) is 0 Å². The molecule has 3 aromatic rings. The Bertz CT molecular complexity index is 1460. The number of likely N-dealkylation sites (tertiary alicyclic amines) is 1. The van der Waals surface area contributed by atoms with Gasteiger partial charge in [-0.15, -0.1) is 0 Å². The van der Waals surface area contributed by atoms with Crippen molar-refractivity contribution in [2.45, 2.75) is 50.6 Å². The Balaban J connectivity index is 1.25. The van der Waals surface area contributed by atoms with Crippen LogP contribution in [0.1, 0.15) is 48.0 Å². The maximum atomic E-state index is 13.8. The molecule has 2 N–H and O–H groups in total. The van der Waals surface area contributed by atoms with Crippen LogP contribution < -0.4 is 20.1 Å². The number of amides is 3. The molecule has 2 aliphatic rings. The van der Waals surface area contributed by atoms with Gasteiger partial charge in [0, 0.05) is 10.5 Å². The van der Waals surface area contributed by atoms with Gasteiger partial charge >= 0.3 is 12.0 Å². The number of halogens is 1.